The van der Waals surface area contributed by atoms with Gasteiger partial charge in [0.05, 0.1) is 0 Å². The molecule has 0 spiro atoms. The van der Waals surface area contributed by atoms with Gasteiger partial charge in [-0.2, -0.15) is 0 Å². The highest BCUT2D eigenvalue weighted by Crippen LogP contribution is 2.33. The van der Waals surface area contributed by atoms with E-state index in [4.69, 9.17) is 22.1 Å². The molecular weight excluding hydrogens is 268 g/mol. The van der Waals surface area contributed by atoms with Crippen molar-refractivity contribution in [3.63, 3.8) is 0 Å². The summed E-state index contributed by atoms with van der Waals surface area (Å²) >= 11 is 6.85. The number of nitrogens with two attached hydrogens (primary N) is 1. The van der Waals surface area contributed by atoms with Crippen LogP contribution in [0.15, 0.2) is 0 Å². The third-order valence-corrected chi connectivity index (χ3v) is 3.03. The fourth-order valence-corrected chi connectivity index (χ4v) is 2.49. The van der Waals surface area contributed by atoms with Gasteiger partial charge in [-0.15, -0.1) is 0 Å². The molecule has 1 rings (SSSR count). The highest BCUT2D eigenvalue weighted by molar-refractivity contribution is 7.14. The lowest BCUT2D eigenvalue weighted by Crippen LogP contribution is -2.33. The minimum Gasteiger partial charge on any atom is -0.443 e. The predicted octanol–water partition coefficient (Wildman–Crippen LogP) is 1.75. The van der Waals surface area contributed by atoms with E-state index in [1.165, 1.54) is 0 Å². The Morgan fingerprint density at radius 1 is 1.65 bits per heavy atom. The van der Waals surface area contributed by atoms with Crippen molar-refractivity contribution in [1.29, 1.82) is 0 Å². The number of aromatic nitrogens is 1. The van der Waals surface area contributed by atoms with Crippen LogP contribution in [0.5, 0.6) is 5.06 Å². The lowest BCUT2D eigenvalue weighted by atomic mass is 10.1. The monoisotopic (exact) mass is 278 g/mol. The van der Waals surface area contributed by atoms with E-state index in [0.717, 1.165) is 11.3 Å². The van der Waals surface area contributed by atoms with Crippen LogP contribution in [0.3, 0.4) is 0 Å². The molecule has 0 saturated heterocycles. The Labute approximate surface area is 107 Å². The Morgan fingerprint density at radius 3 is 2.82 bits per heavy atom. The number of hydrogen-bond acceptors (Lipinski definition) is 6. The molecule has 6 nitrogen and oxygen atoms in total. The molecule has 1 aromatic rings. The van der Waals surface area contributed by atoms with E-state index in [-0.39, 0.29) is 16.7 Å². The highest BCUT2D eigenvalue weighted by Gasteiger charge is 2.25. The fraction of sp³-hybridized carbons (Fsp3) is 0.444. The Hall–Kier alpha value is -1.34. The van der Waals surface area contributed by atoms with Crippen molar-refractivity contribution >= 4 is 35.5 Å². The number of ether oxygens (including phenoxy) is 2. The maximum absolute atomic E-state index is 10.7. The molecule has 8 heteroatoms. The topological polar surface area (TPSA) is 91.5 Å². The van der Waals surface area contributed by atoms with Gasteiger partial charge in [-0.1, -0.05) is 22.9 Å². The summed E-state index contributed by atoms with van der Waals surface area (Å²) < 4.78 is 9.53. The van der Waals surface area contributed by atoms with Gasteiger partial charge in [-0.25, -0.2) is 9.78 Å². The Kier molecular flexibility index (Phi) is 4.30. The van der Waals surface area contributed by atoms with Gasteiger partial charge in [0, 0.05) is 6.42 Å². The van der Waals surface area contributed by atoms with Gasteiger partial charge in [0.15, 0.2) is 5.15 Å². The summed E-state index contributed by atoms with van der Waals surface area (Å²) in [6, 6.07) is 0. The van der Waals surface area contributed by atoms with E-state index in [0.29, 0.717) is 11.4 Å². The van der Waals surface area contributed by atoms with Crippen LogP contribution >= 0.6 is 22.9 Å². The van der Waals surface area contributed by atoms with Crippen LogP contribution in [0.25, 0.3) is 0 Å². The largest absolute Gasteiger partial charge is 0.443 e. The smallest absolute Gasteiger partial charge is 0.405 e. The summed E-state index contributed by atoms with van der Waals surface area (Å²) in [6.07, 6.45) is -0.537. The van der Waals surface area contributed by atoms with E-state index >= 15 is 0 Å². The Morgan fingerprint density at radius 2 is 2.29 bits per heavy atom. The van der Waals surface area contributed by atoms with Crippen molar-refractivity contribution in [2.45, 2.75) is 25.9 Å². The zero-order valence-corrected chi connectivity index (χ0v) is 10.8. The first-order chi connectivity index (χ1) is 7.84. The summed E-state index contributed by atoms with van der Waals surface area (Å²) in [5, 5.41) is 0.900. The van der Waals surface area contributed by atoms with Gasteiger partial charge in [0.2, 0.25) is 5.06 Å². The van der Waals surface area contributed by atoms with Gasteiger partial charge < -0.3 is 15.2 Å². The van der Waals surface area contributed by atoms with Crippen LogP contribution in [-0.2, 0) is 16.0 Å². The maximum atomic E-state index is 10.7. The van der Waals surface area contributed by atoms with Crippen LogP contribution in [0.1, 0.15) is 18.9 Å². The molecule has 0 aliphatic rings. The third-order valence-electron chi connectivity index (χ3n) is 1.71. The van der Waals surface area contributed by atoms with Gasteiger partial charge in [-0.05, 0) is 13.8 Å². The molecule has 2 N–H and O–H groups in total. The fourth-order valence-electron chi connectivity index (χ4n) is 1.19. The summed E-state index contributed by atoms with van der Waals surface area (Å²) in [6.45, 7) is 3.65. The number of hydrogen-bond donors (Lipinski definition) is 1. The lowest BCUT2D eigenvalue weighted by molar-refractivity contribution is -0.120. The molecule has 1 aromatic heterocycles. The van der Waals surface area contributed by atoms with Gasteiger partial charge in [0.25, 0.3) is 6.47 Å². The molecule has 1 heterocycles. The molecule has 0 bridgehead atoms. The van der Waals surface area contributed by atoms with E-state index in [1.807, 2.05) is 0 Å². The minimum absolute atomic E-state index is 0.104. The predicted molar refractivity (Wildman–Crippen MR) is 62.3 cm³/mol. The normalized spacial score (nSPS) is 11.0. The van der Waals surface area contributed by atoms with Crippen molar-refractivity contribution in [1.82, 2.24) is 4.98 Å². The Balaban J connectivity index is 2.77. The molecule has 1 amide bonds. The van der Waals surface area contributed by atoms with Gasteiger partial charge in [0.1, 0.15) is 10.6 Å². The molecule has 0 atom stereocenters. The standard InChI is InChI=1S/C9H11ClN2O4S/c1-9(2,16-8(11)14)3-5-12-6(10)7(17-5)15-4-13/h4H,3H2,1-2H3,(H2,11,14). The lowest BCUT2D eigenvalue weighted by Gasteiger charge is -2.22. The molecule has 94 valence electrons. The molecule has 0 aromatic carbocycles. The first-order valence-electron chi connectivity index (χ1n) is 4.58. The second kappa shape index (κ2) is 5.33. The number of thiazole rings is 1. The molecule has 0 aliphatic carbocycles. The number of rotatable bonds is 5. The van der Waals surface area contributed by atoms with E-state index in [2.05, 4.69) is 9.72 Å². The number of halogens is 1. The van der Waals surface area contributed by atoms with Crippen LogP contribution in [0, 0.1) is 0 Å². The van der Waals surface area contributed by atoms with Crippen molar-refractivity contribution in [3.05, 3.63) is 10.2 Å². The van der Waals surface area contributed by atoms with Gasteiger partial charge >= 0.3 is 6.09 Å². The summed E-state index contributed by atoms with van der Waals surface area (Å²) in [5.41, 5.74) is 4.14. The zero-order chi connectivity index (χ0) is 13.1. The van der Waals surface area contributed by atoms with Crippen molar-refractivity contribution in [2.24, 2.45) is 5.73 Å². The quantitative estimate of drug-likeness (QED) is 0.829. The molecule has 0 unspecified atom stereocenters. The van der Waals surface area contributed by atoms with E-state index in [9.17, 15) is 9.59 Å². The first kappa shape index (κ1) is 13.7. The minimum atomic E-state index is -0.859. The van der Waals surface area contributed by atoms with Crippen LogP contribution < -0.4 is 10.5 Å². The number of carbonyl (C=O) groups is 2. The van der Waals surface area contributed by atoms with Crippen molar-refractivity contribution in [3.8, 4) is 5.06 Å². The van der Waals surface area contributed by atoms with Crippen LogP contribution in [0.2, 0.25) is 5.15 Å². The second-order valence-corrected chi connectivity index (χ2v) is 5.16. The number of nitrogens with zero attached hydrogens (tertiary/aromatic N) is 1. The number of carbonyl (C=O) groups excluding carboxylic acids is 2. The van der Waals surface area contributed by atoms with Crippen molar-refractivity contribution in [2.75, 3.05) is 0 Å². The summed E-state index contributed by atoms with van der Waals surface area (Å²) in [4.78, 5) is 24.8. The second-order valence-electron chi connectivity index (χ2n) is 3.76. The van der Waals surface area contributed by atoms with E-state index in [1.54, 1.807) is 13.8 Å². The molecular formula is C9H11ClN2O4S. The molecule has 0 fully saturated rings. The molecule has 17 heavy (non-hydrogen) atoms. The van der Waals surface area contributed by atoms with E-state index < -0.39 is 11.7 Å². The molecule has 0 aliphatic heterocycles. The van der Waals surface area contributed by atoms with Gasteiger partial charge in [-0.3, -0.25) is 4.79 Å². The zero-order valence-electron chi connectivity index (χ0n) is 9.23. The van der Waals surface area contributed by atoms with Crippen LogP contribution in [0.4, 0.5) is 4.79 Å². The average Bonchev–Trinajstić information content (AvgIpc) is 2.43. The average molecular weight is 279 g/mol. The van der Waals surface area contributed by atoms with Crippen LogP contribution in [-0.4, -0.2) is 23.2 Å². The number of amides is 1. The first-order valence-corrected chi connectivity index (χ1v) is 5.77. The molecule has 0 radical (unpaired) electrons. The van der Waals surface area contributed by atoms with Crippen molar-refractivity contribution < 1.29 is 19.1 Å². The Bertz CT molecular complexity index is 433. The summed E-state index contributed by atoms with van der Waals surface area (Å²) in [5.74, 6) is 0. The molecule has 0 saturated carbocycles. The summed E-state index contributed by atoms with van der Waals surface area (Å²) in [7, 11) is 0. The number of primary amides is 1. The SMILES string of the molecule is CC(C)(Cc1nc(Cl)c(OC=O)s1)OC(N)=O. The third kappa shape index (κ3) is 4.20. The highest BCUT2D eigenvalue weighted by atomic mass is 35.5. The maximum Gasteiger partial charge on any atom is 0.405 e.